The van der Waals surface area contributed by atoms with E-state index in [0.717, 1.165) is 13.8 Å². The molecule has 0 radical (unpaired) electrons. The number of carbonyl (C=O) groups is 5. The standard InChI is InChI=1S/C15H27N5O9/c1-5(22)10(13(26)18-8(15(28)29)3-9(17)24)20-14(27)11(6(2)23)19-12(25)7(16)4-21/h5-8,10-11,21-23H,3-4,16H2,1-2H3,(H2,17,24)(H,18,26)(H,19,25)(H,20,27)(H,28,29). The maximum atomic E-state index is 12.4. The number of carbonyl (C=O) groups excluding carboxylic acids is 4. The summed E-state index contributed by atoms with van der Waals surface area (Å²) < 4.78 is 0. The van der Waals surface area contributed by atoms with E-state index in [-0.39, 0.29) is 0 Å². The maximum absolute atomic E-state index is 12.4. The van der Waals surface area contributed by atoms with E-state index in [2.05, 4.69) is 10.6 Å². The number of carboxylic acid groups (broad SMARTS) is 1. The van der Waals surface area contributed by atoms with Crippen molar-refractivity contribution in [1.82, 2.24) is 16.0 Å². The van der Waals surface area contributed by atoms with E-state index >= 15 is 0 Å². The van der Waals surface area contributed by atoms with E-state index in [9.17, 15) is 34.2 Å². The number of amides is 4. The van der Waals surface area contributed by atoms with Crippen LogP contribution in [0.2, 0.25) is 0 Å². The van der Waals surface area contributed by atoms with Gasteiger partial charge in [0.15, 0.2) is 0 Å². The molecule has 29 heavy (non-hydrogen) atoms. The molecule has 0 aliphatic rings. The first-order chi connectivity index (χ1) is 13.3. The molecule has 0 aromatic carbocycles. The molecule has 0 saturated heterocycles. The summed E-state index contributed by atoms with van der Waals surface area (Å²) in [6.07, 6.45) is -3.70. The topological polar surface area (TPSA) is 254 Å². The van der Waals surface area contributed by atoms with E-state index in [1.165, 1.54) is 0 Å². The monoisotopic (exact) mass is 421 g/mol. The molecule has 0 aliphatic carbocycles. The molecule has 0 spiro atoms. The fourth-order valence-electron chi connectivity index (χ4n) is 2.06. The third kappa shape index (κ3) is 8.82. The van der Waals surface area contributed by atoms with Crippen molar-refractivity contribution in [1.29, 1.82) is 0 Å². The molecule has 0 fully saturated rings. The first kappa shape index (κ1) is 26.2. The Morgan fingerprint density at radius 2 is 1.28 bits per heavy atom. The predicted molar refractivity (Wildman–Crippen MR) is 95.7 cm³/mol. The van der Waals surface area contributed by atoms with Gasteiger partial charge < -0.3 is 47.8 Å². The average molecular weight is 421 g/mol. The summed E-state index contributed by atoms with van der Waals surface area (Å²) in [6, 6.07) is -6.37. The van der Waals surface area contributed by atoms with Crippen LogP contribution in [-0.2, 0) is 24.0 Å². The normalized spacial score (nSPS) is 17.0. The van der Waals surface area contributed by atoms with Crippen molar-refractivity contribution in [3.8, 4) is 0 Å². The van der Waals surface area contributed by atoms with E-state index in [0.29, 0.717) is 0 Å². The lowest BCUT2D eigenvalue weighted by Crippen LogP contribution is -2.62. The van der Waals surface area contributed by atoms with Crippen LogP contribution in [0.1, 0.15) is 20.3 Å². The zero-order chi connectivity index (χ0) is 22.9. The second-order valence-corrected chi connectivity index (χ2v) is 6.31. The van der Waals surface area contributed by atoms with Gasteiger partial charge in [0, 0.05) is 0 Å². The summed E-state index contributed by atoms with van der Waals surface area (Å²) in [5.41, 5.74) is 10.2. The van der Waals surface area contributed by atoms with Crippen molar-refractivity contribution < 1.29 is 44.4 Å². The highest BCUT2D eigenvalue weighted by molar-refractivity contribution is 5.95. The van der Waals surface area contributed by atoms with Gasteiger partial charge in [-0.2, -0.15) is 0 Å². The second-order valence-electron chi connectivity index (χ2n) is 6.31. The molecular weight excluding hydrogens is 394 g/mol. The quantitative estimate of drug-likeness (QED) is 0.144. The van der Waals surface area contributed by atoms with Gasteiger partial charge in [-0.3, -0.25) is 19.2 Å². The number of rotatable bonds is 12. The number of aliphatic hydroxyl groups is 3. The van der Waals surface area contributed by atoms with Crippen LogP contribution in [0.15, 0.2) is 0 Å². The number of nitrogens with one attached hydrogen (secondary N) is 3. The van der Waals surface area contributed by atoms with Crippen LogP contribution in [0.3, 0.4) is 0 Å². The molecule has 0 aromatic rings. The van der Waals surface area contributed by atoms with Crippen molar-refractivity contribution >= 4 is 29.6 Å². The summed E-state index contributed by atoms with van der Waals surface area (Å²) >= 11 is 0. The van der Waals surface area contributed by atoms with Crippen molar-refractivity contribution in [2.24, 2.45) is 11.5 Å². The highest BCUT2D eigenvalue weighted by atomic mass is 16.4. The fraction of sp³-hybridized carbons (Fsp3) is 0.667. The summed E-state index contributed by atoms with van der Waals surface area (Å²) in [6.45, 7) is 1.54. The third-order valence-corrected chi connectivity index (χ3v) is 3.68. The summed E-state index contributed by atoms with van der Waals surface area (Å²) in [7, 11) is 0. The molecular formula is C15H27N5O9. The summed E-state index contributed by atoms with van der Waals surface area (Å²) in [5, 5.41) is 43.5. The second kappa shape index (κ2) is 11.9. The van der Waals surface area contributed by atoms with Crippen LogP contribution >= 0.6 is 0 Å². The first-order valence-electron chi connectivity index (χ1n) is 8.46. The largest absolute Gasteiger partial charge is 0.480 e. The molecule has 14 nitrogen and oxygen atoms in total. The van der Waals surface area contributed by atoms with Gasteiger partial charge in [-0.05, 0) is 13.8 Å². The number of carboxylic acids is 1. The van der Waals surface area contributed by atoms with Crippen LogP contribution in [-0.4, -0.2) is 93.0 Å². The van der Waals surface area contributed by atoms with Gasteiger partial charge >= 0.3 is 5.97 Å². The molecule has 0 rings (SSSR count). The Kier molecular flexibility index (Phi) is 10.7. The Morgan fingerprint density at radius 1 is 0.862 bits per heavy atom. The molecule has 0 saturated carbocycles. The Bertz CT molecular complexity index is 625. The van der Waals surface area contributed by atoms with E-state index in [1.807, 2.05) is 5.32 Å². The van der Waals surface area contributed by atoms with E-state index < -0.39 is 79.0 Å². The molecule has 0 aromatic heterocycles. The Balaban J connectivity index is 5.34. The van der Waals surface area contributed by atoms with Crippen LogP contribution < -0.4 is 27.4 Å². The SMILES string of the molecule is CC(O)C(NC(=O)C(N)CO)C(=O)NC(C(=O)NC(CC(N)=O)C(=O)O)C(C)O. The average Bonchev–Trinajstić information content (AvgIpc) is 2.61. The van der Waals surface area contributed by atoms with Gasteiger partial charge in [-0.25, -0.2) is 4.79 Å². The zero-order valence-electron chi connectivity index (χ0n) is 15.9. The van der Waals surface area contributed by atoms with Crippen molar-refractivity contribution in [3.05, 3.63) is 0 Å². The van der Waals surface area contributed by atoms with Crippen molar-refractivity contribution in [2.75, 3.05) is 6.61 Å². The van der Waals surface area contributed by atoms with Gasteiger partial charge in [0.1, 0.15) is 24.2 Å². The minimum atomic E-state index is -1.70. The van der Waals surface area contributed by atoms with E-state index in [4.69, 9.17) is 21.7 Å². The first-order valence-corrected chi connectivity index (χ1v) is 8.46. The number of hydrogen-bond donors (Lipinski definition) is 9. The molecule has 6 unspecified atom stereocenters. The fourth-order valence-corrected chi connectivity index (χ4v) is 2.06. The number of nitrogens with two attached hydrogens (primary N) is 2. The van der Waals surface area contributed by atoms with E-state index in [1.54, 1.807) is 0 Å². The Hall–Kier alpha value is -2.81. The van der Waals surface area contributed by atoms with Crippen LogP contribution in [0, 0.1) is 0 Å². The van der Waals surface area contributed by atoms with Gasteiger partial charge in [-0.1, -0.05) is 0 Å². The number of aliphatic hydroxyl groups excluding tert-OH is 3. The molecule has 166 valence electrons. The summed E-state index contributed by atoms with van der Waals surface area (Å²) in [4.78, 5) is 58.4. The minimum absolute atomic E-state index is 0.727. The van der Waals surface area contributed by atoms with Crippen LogP contribution in [0.4, 0.5) is 0 Å². The number of hydrogen-bond acceptors (Lipinski definition) is 9. The van der Waals surface area contributed by atoms with Crippen LogP contribution in [0.5, 0.6) is 0 Å². The Morgan fingerprint density at radius 3 is 1.62 bits per heavy atom. The van der Waals surface area contributed by atoms with Crippen molar-refractivity contribution in [3.63, 3.8) is 0 Å². The molecule has 0 aliphatic heterocycles. The lowest BCUT2D eigenvalue weighted by Gasteiger charge is -2.27. The number of primary amides is 1. The number of aliphatic carboxylic acids is 1. The van der Waals surface area contributed by atoms with Crippen molar-refractivity contribution in [2.45, 2.75) is 56.6 Å². The smallest absolute Gasteiger partial charge is 0.326 e. The zero-order valence-corrected chi connectivity index (χ0v) is 15.9. The van der Waals surface area contributed by atoms with Crippen LogP contribution in [0.25, 0.3) is 0 Å². The highest BCUT2D eigenvalue weighted by Crippen LogP contribution is 2.01. The van der Waals surface area contributed by atoms with Gasteiger partial charge in [0.2, 0.25) is 23.6 Å². The highest BCUT2D eigenvalue weighted by Gasteiger charge is 2.34. The minimum Gasteiger partial charge on any atom is -0.480 e. The lowest BCUT2D eigenvalue weighted by atomic mass is 10.1. The molecule has 14 heteroatoms. The Labute approximate surface area is 165 Å². The van der Waals surface area contributed by atoms with Gasteiger partial charge in [0.05, 0.1) is 25.2 Å². The molecule has 0 heterocycles. The van der Waals surface area contributed by atoms with Gasteiger partial charge in [0.25, 0.3) is 0 Å². The third-order valence-electron chi connectivity index (χ3n) is 3.68. The van der Waals surface area contributed by atoms with Gasteiger partial charge in [-0.15, -0.1) is 0 Å². The maximum Gasteiger partial charge on any atom is 0.326 e. The molecule has 11 N–H and O–H groups in total. The molecule has 0 bridgehead atoms. The lowest BCUT2D eigenvalue weighted by molar-refractivity contribution is -0.144. The molecule has 6 atom stereocenters. The molecule has 4 amide bonds. The predicted octanol–water partition coefficient (Wildman–Crippen LogP) is -5.52. The summed E-state index contributed by atoms with van der Waals surface area (Å²) in [5.74, 6) is -5.78.